The Hall–Kier alpha value is -4.99. The summed E-state index contributed by atoms with van der Waals surface area (Å²) in [4.78, 5) is 17.7. The lowest BCUT2D eigenvalue weighted by Crippen LogP contribution is -2.15. The summed E-state index contributed by atoms with van der Waals surface area (Å²) in [5, 5.41) is 12.5. The molecule has 3 aromatic carbocycles. The molecule has 0 aliphatic heterocycles. The molecule has 0 radical (unpaired) electrons. The van der Waals surface area contributed by atoms with E-state index in [1.165, 1.54) is 6.20 Å². The van der Waals surface area contributed by atoms with Gasteiger partial charge in [-0.3, -0.25) is 9.48 Å². The van der Waals surface area contributed by atoms with Gasteiger partial charge in [-0.15, -0.1) is 0 Å². The number of benzene rings is 3. The summed E-state index contributed by atoms with van der Waals surface area (Å²) < 4.78 is 44.6. The molecule has 0 fully saturated rings. The normalized spacial score (nSPS) is 11.8. The molecule has 6 aromatic rings. The van der Waals surface area contributed by atoms with Gasteiger partial charge in [0, 0.05) is 11.8 Å². The maximum atomic E-state index is 14.1. The predicted octanol–water partition coefficient (Wildman–Crippen LogP) is 6.37. The predicted molar refractivity (Wildman–Crippen MR) is 141 cm³/mol. The van der Waals surface area contributed by atoms with E-state index in [1.807, 2.05) is 61.5 Å². The largest absolute Gasteiger partial charge is 0.433 e. The summed E-state index contributed by atoms with van der Waals surface area (Å²) >= 11 is 0. The highest BCUT2D eigenvalue weighted by molar-refractivity contribution is 6.08. The lowest BCUT2D eigenvalue weighted by Gasteiger charge is -2.13. The van der Waals surface area contributed by atoms with E-state index in [0.717, 1.165) is 34.2 Å². The monoisotopic (exact) mass is 526 g/mol. The van der Waals surface area contributed by atoms with E-state index in [9.17, 15) is 18.0 Å². The number of halogens is 3. The van der Waals surface area contributed by atoms with Crippen molar-refractivity contribution in [2.24, 2.45) is 0 Å². The number of anilines is 1. The lowest BCUT2D eigenvalue weighted by atomic mass is 10.0. The van der Waals surface area contributed by atoms with Crippen molar-refractivity contribution in [3.8, 4) is 11.3 Å². The molecular formula is C29H21F3N6O. The second-order valence-electron chi connectivity index (χ2n) is 9.21. The molecule has 0 atom stereocenters. The van der Waals surface area contributed by atoms with Crippen molar-refractivity contribution in [1.29, 1.82) is 0 Å². The number of carbonyl (C=O) groups excluding carboxylic acids is 1. The molecule has 0 aliphatic rings. The van der Waals surface area contributed by atoms with Crippen LogP contribution in [-0.4, -0.2) is 30.3 Å². The first-order chi connectivity index (χ1) is 18.8. The smallest absolute Gasteiger partial charge is 0.319 e. The van der Waals surface area contributed by atoms with E-state index >= 15 is 0 Å². The summed E-state index contributed by atoms with van der Waals surface area (Å²) in [6.07, 6.45) is -0.494. The number of fused-ring (bicyclic) bond motifs is 2. The summed E-state index contributed by atoms with van der Waals surface area (Å²) in [7, 11) is 0. The number of nitrogens with one attached hydrogen (secondary N) is 1. The van der Waals surface area contributed by atoms with Crippen molar-refractivity contribution in [2.45, 2.75) is 19.6 Å². The molecule has 1 N–H and O–H groups in total. The van der Waals surface area contributed by atoms with Gasteiger partial charge in [0.25, 0.3) is 5.91 Å². The number of carbonyl (C=O) groups is 1. The molecule has 0 aliphatic carbocycles. The number of amides is 1. The topological polar surface area (TPSA) is 77.1 Å². The Kier molecular flexibility index (Phi) is 5.86. The number of alkyl halides is 3. The van der Waals surface area contributed by atoms with Crippen LogP contribution in [0.1, 0.15) is 27.2 Å². The van der Waals surface area contributed by atoms with Gasteiger partial charge in [-0.05, 0) is 29.3 Å². The molecule has 0 spiro atoms. The average molecular weight is 527 g/mol. The first-order valence-corrected chi connectivity index (χ1v) is 12.1. The van der Waals surface area contributed by atoms with Gasteiger partial charge in [0.1, 0.15) is 5.56 Å². The number of nitrogens with zero attached hydrogens (tertiary/aromatic N) is 5. The van der Waals surface area contributed by atoms with E-state index in [2.05, 4.69) is 20.5 Å². The molecule has 0 saturated heterocycles. The highest BCUT2D eigenvalue weighted by Crippen LogP contribution is 2.35. The molecule has 3 aromatic heterocycles. The Balaban J connectivity index is 1.37. The van der Waals surface area contributed by atoms with E-state index in [-0.39, 0.29) is 16.9 Å². The van der Waals surface area contributed by atoms with E-state index in [0.29, 0.717) is 22.3 Å². The van der Waals surface area contributed by atoms with Crippen LogP contribution in [0.5, 0.6) is 0 Å². The number of aromatic nitrogens is 5. The molecule has 6 rings (SSSR count). The van der Waals surface area contributed by atoms with Crippen molar-refractivity contribution in [3.05, 3.63) is 114 Å². The molecule has 0 bridgehead atoms. The van der Waals surface area contributed by atoms with Crippen LogP contribution in [-0.2, 0) is 12.7 Å². The molecule has 3 heterocycles. The minimum atomic E-state index is -4.72. The maximum Gasteiger partial charge on any atom is 0.433 e. The summed E-state index contributed by atoms with van der Waals surface area (Å²) in [5.41, 5.74) is 1.86. The summed E-state index contributed by atoms with van der Waals surface area (Å²) in [6.45, 7) is 2.50. The van der Waals surface area contributed by atoms with Gasteiger partial charge in [0.05, 0.1) is 30.3 Å². The SMILES string of the molecule is Cc1cccc(Cn2cc(NC(=O)c3cnn4c(C(F)(F)F)cc(-c5cccc6ccccc56)nc34)cn2)c1. The highest BCUT2D eigenvalue weighted by atomic mass is 19.4. The van der Waals surface area contributed by atoms with Crippen LogP contribution in [0.2, 0.25) is 0 Å². The number of rotatable bonds is 5. The zero-order valence-corrected chi connectivity index (χ0v) is 20.6. The second kappa shape index (κ2) is 9.39. The fourth-order valence-electron chi connectivity index (χ4n) is 4.62. The molecule has 39 heavy (non-hydrogen) atoms. The van der Waals surface area contributed by atoms with Gasteiger partial charge < -0.3 is 5.32 Å². The lowest BCUT2D eigenvalue weighted by molar-refractivity contribution is -0.142. The second-order valence-corrected chi connectivity index (χ2v) is 9.21. The zero-order valence-electron chi connectivity index (χ0n) is 20.6. The number of hydrogen-bond donors (Lipinski definition) is 1. The number of hydrogen-bond acceptors (Lipinski definition) is 4. The Morgan fingerprint density at radius 1 is 0.949 bits per heavy atom. The molecule has 10 heteroatoms. The van der Waals surface area contributed by atoms with Gasteiger partial charge in [-0.25, -0.2) is 9.50 Å². The van der Waals surface area contributed by atoms with Crippen LogP contribution in [0.25, 0.3) is 27.7 Å². The van der Waals surface area contributed by atoms with Crippen molar-refractivity contribution in [3.63, 3.8) is 0 Å². The van der Waals surface area contributed by atoms with Crippen LogP contribution in [0, 0.1) is 6.92 Å². The third kappa shape index (κ3) is 4.72. The minimum Gasteiger partial charge on any atom is -0.319 e. The minimum absolute atomic E-state index is 0.0889. The molecule has 194 valence electrons. The zero-order chi connectivity index (χ0) is 27.1. The van der Waals surface area contributed by atoms with E-state index in [1.54, 1.807) is 23.0 Å². The van der Waals surface area contributed by atoms with Gasteiger partial charge in [0.2, 0.25) is 0 Å². The summed E-state index contributed by atoms with van der Waals surface area (Å²) in [6, 6.07) is 21.6. The third-order valence-electron chi connectivity index (χ3n) is 6.39. The Morgan fingerprint density at radius 2 is 1.74 bits per heavy atom. The van der Waals surface area contributed by atoms with Crippen LogP contribution >= 0.6 is 0 Å². The maximum absolute atomic E-state index is 14.1. The van der Waals surface area contributed by atoms with Crippen molar-refractivity contribution in [2.75, 3.05) is 5.32 Å². The van der Waals surface area contributed by atoms with Crippen molar-refractivity contribution >= 4 is 28.0 Å². The van der Waals surface area contributed by atoms with Crippen LogP contribution in [0.3, 0.4) is 0 Å². The first-order valence-electron chi connectivity index (χ1n) is 12.1. The van der Waals surface area contributed by atoms with Crippen LogP contribution < -0.4 is 5.32 Å². The Labute approximate surface area is 220 Å². The van der Waals surface area contributed by atoms with Crippen molar-refractivity contribution in [1.82, 2.24) is 24.4 Å². The van der Waals surface area contributed by atoms with E-state index < -0.39 is 17.8 Å². The third-order valence-corrected chi connectivity index (χ3v) is 6.39. The fraction of sp³-hybridized carbons (Fsp3) is 0.103. The van der Waals surface area contributed by atoms with Crippen molar-refractivity contribution < 1.29 is 18.0 Å². The summed E-state index contributed by atoms with van der Waals surface area (Å²) in [5.74, 6) is -0.643. The molecule has 0 saturated carbocycles. The fourth-order valence-corrected chi connectivity index (χ4v) is 4.62. The highest BCUT2D eigenvalue weighted by Gasteiger charge is 2.36. The Bertz CT molecular complexity index is 1850. The number of aryl methyl sites for hydroxylation is 1. The van der Waals surface area contributed by atoms with Gasteiger partial charge in [-0.1, -0.05) is 72.3 Å². The standard InChI is InChI=1S/C29H21F3N6O/c1-18-6-4-7-19(12-18)16-37-17-21(14-33-37)35-28(39)24-15-34-38-26(29(30,31)32)13-25(36-27(24)38)23-11-5-9-20-8-2-3-10-22(20)23/h2-15,17H,16H2,1H3,(H,35,39). The van der Waals surface area contributed by atoms with Gasteiger partial charge >= 0.3 is 6.18 Å². The molecule has 1 amide bonds. The molecule has 0 unspecified atom stereocenters. The van der Waals surface area contributed by atoms with Crippen LogP contribution in [0.15, 0.2) is 91.4 Å². The van der Waals surface area contributed by atoms with Crippen LogP contribution in [0.4, 0.5) is 18.9 Å². The molecular weight excluding hydrogens is 505 g/mol. The van der Waals surface area contributed by atoms with E-state index in [4.69, 9.17) is 0 Å². The van der Waals surface area contributed by atoms with Gasteiger partial charge in [-0.2, -0.15) is 23.4 Å². The Morgan fingerprint density at radius 3 is 2.56 bits per heavy atom. The average Bonchev–Trinajstić information content (AvgIpc) is 3.54. The first kappa shape index (κ1) is 24.4. The van der Waals surface area contributed by atoms with Gasteiger partial charge in [0.15, 0.2) is 11.3 Å². The quantitative estimate of drug-likeness (QED) is 0.283. The molecule has 7 nitrogen and oxygen atoms in total.